The Hall–Kier alpha value is -1.95. The van der Waals surface area contributed by atoms with Crippen molar-refractivity contribution in [2.45, 2.75) is 18.6 Å². The number of methoxy groups -OCH3 is 1. The third-order valence-corrected chi connectivity index (χ3v) is 3.72. The zero-order valence-electron chi connectivity index (χ0n) is 12.9. The van der Waals surface area contributed by atoms with E-state index in [-0.39, 0.29) is 31.0 Å². The Balaban J connectivity index is 2.23. The van der Waals surface area contributed by atoms with Crippen LogP contribution in [-0.4, -0.2) is 30.6 Å². The van der Waals surface area contributed by atoms with Crippen LogP contribution in [0.2, 0.25) is 5.02 Å². The van der Waals surface area contributed by atoms with E-state index in [4.69, 9.17) is 22.1 Å². The van der Waals surface area contributed by atoms with Gasteiger partial charge in [-0.25, -0.2) is 0 Å². The van der Waals surface area contributed by atoms with Crippen LogP contribution in [0.5, 0.6) is 0 Å². The summed E-state index contributed by atoms with van der Waals surface area (Å²) in [5.41, 5.74) is 7.18. The third kappa shape index (κ3) is 5.03. The molecule has 1 aromatic heterocycles. The van der Waals surface area contributed by atoms with E-state index in [1.165, 1.54) is 7.11 Å². The molecule has 0 radical (unpaired) electrons. The molecule has 0 saturated carbocycles. The molecule has 3 N–H and O–H groups in total. The van der Waals surface area contributed by atoms with Gasteiger partial charge in [-0.05, 0) is 29.8 Å². The van der Waals surface area contributed by atoms with E-state index in [1.54, 1.807) is 12.3 Å². The predicted molar refractivity (Wildman–Crippen MR) is 90.1 cm³/mol. The molecule has 1 aromatic carbocycles. The van der Waals surface area contributed by atoms with Gasteiger partial charge in [0.25, 0.3) is 0 Å². The number of hydrogen-bond donors (Lipinski definition) is 2. The van der Waals surface area contributed by atoms with Crippen molar-refractivity contribution in [2.75, 3.05) is 13.7 Å². The summed E-state index contributed by atoms with van der Waals surface area (Å²) in [6.07, 6.45) is 1.58. The lowest BCUT2D eigenvalue weighted by atomic mass is 10.0. The summed E-state index contributed by atoms with van der Waals surface area (Å²) < 4.78 is 5.16. The van der Waals surface area contributed by atoms with Gasteiger partial charge in [-0.15, -0.1) is 0 Å². The molecule has 2 aromatic rings. The van der Waals surface area contributed by atoms with Crippen LogP contribution in [-0.2, 0) is 9.53 Å². The fourth-order valence-electron chi connectivity index (χ4n) is 2.25. The number of halogens is 1. The molecule has 2 rings (SSSR count). The smallest absolute Gasteiger partial charge is 0.223 e. The summed E-state index contributed by atoms with van der Waals surface area (Å²) in [4.78, 5) is 16.6. The van der Waals surface area contributed by atoms with Crippen molar-refractivity contribution in [3.05, 3.63) is 64.9 Å². The molecule has 6 heteroatoms. The average molecular weight is 334 g/mol. The number of amides is 1. The zero-order chi connectivity index (χ0) is 16.7. The first-order valence-corrected chi connectivity index (χ1v) is 7.70. The van der Waals surface area contributed by atoms with E-state index >= 15 is 0 Å². The molecule has 1 amide bonds. The van der Waals surface area contributed by atoms with Crippen LogP contribution in [0.3, 0.4) is 0 Å². The number of ether oxygens (including phenoxy) is 1. The van der Waals surface area contributed by atoms with Gasteiger partial charge in [0.1, 0.15) is 0 Å². The van der Waals surface area contributed by atoms with Gasteiger partial charge in [0.15, 0.2) is 0 Å². The third-order valence-electron chi connectivity index (χ3n) is 3.48. The molecule has 122 valence electrons. The highest BCUT2D eigenvalue weighted by atomic mass is 35.5. The summed E-state index contributed by atoms with van der Waals surface area (Å²) in [7, 11) is 1.54. The Morgan fingerprint density at radius 2 is 2.17 bits per heavy atom. The lowest BCUT2D eigenvalue weighted by Crippen LogP contribution is -2.35. The first-order chi connectivity index (χ1) is 11.1. The van der Waals surface area contributed by atoms with Crippen molar-refractivity contribution in [3.8, 4) is 0 Å². The lowest BCUT2D eigenvalue weighted by molar-refractivity contribution is -0.123. The first-order valence-electron chi connectivity index (χ1n) is 7.32. The van der Waals surface area contributed by atoms with Crippen LogP contribution < -0.4 is 11.1 Å². The number of hydrogen-bond acceptors (Lipinski definition) is 4. The second-order valence-corrected chi connectivity index (χ2v) is 5.54. The normalized spacial score (nSPS) is 13.3. The van der Waals surface area contributed by atoms with E-state index in [1.807, 2.05) is 36.4 Å². The van der Waals surface area contributed by atoms with Crippen LogP contribution in [0.25, 0.3) is 0 Å². The number of carbonyl (C=O) groups is 1. The van der Waals surface area contributed by atoms with Crippen molar-refractivity contribution >= 4 is 17.5 Å². The standard InChI is InChI=1S/C17H20ClN3O2/c1-23-14(11-19)10-16(22)21-17(15-7-2-3-8-20-15)12-5-4-6-13(18)9-12/h2-9,14,17H,10-11,19H2,1H3,(H,21,22). The van der Waals surface area contributed by atoms with Gasteiger partial charge in [-0.3, -0.25) is 9.78 Å². The highest BCUT2D eigenvalue weighted by molar-refractivity contribution is 6.30. The summed E-state index contributed by atoms with van der Waals surface area (Å²) in [6.45, 7) is 0.287. The maximum atomic E-state index is 12.3. The fourth-order valence-corrected chi connectivity index (χ4v) is 2.45. The van der Waals surface area contributed by atoms with Gasteiger partial charge >= 0.3 is 0 Å². The minimum Gasteiger partial charge on any atom is -0.380 e. The van der Waals surface area contributed by atoms with Crippen LogP contribution in [0.1, 0.15) is 23.7 Å². The molecule has 0 saturated heterocycles. The molecule has 1 heterocycles. The van der Waals surface area contributed by atoms with Crippen molar-refractivity contribution in [3.63, 3.8) is 0 Å². The van der Waals surface area contributed by atoms with Gasteiger partial charge in [-0.1, -0.05) is 29.8 Å². The Bertz CT molecular complexity index is 633. The van der Waals surface area contributed by atoms with Gasteiger partial charge in [0.2, 0.25) is 5.91 Å². The Labute approximate surface area is 140 Å². The van der Waals surface area contributed by atoms with E-state index < -0.39 is 0 Å². The summed E-state index contributed by atoms with van der Waals surface area (Å²) >= 11 is 6.07. The molecule has 0 fully saturated rings. The monoisotopic (exact) mass is 333 g/mol. The first kappa shape index (κ1) is 17.4. The fraction of sp³-hybridized carbons (Fsp3) is 0.294. The molecule has 0 bridgehead atoms. The van der Waals surface area contributed by atoms with Crippen LogP contribution in [0.4, 0.5) is 0 Å². The molecular weight excluding hydrogens is 314 g/mol. The Morgan fingerprint density at radius 3 is 2.78 bits per heavy atom. The Morgan fingerprint density at radius 1 is 1.35 bits per heavy atom. The molecule has 0 aliphatic carbocycles. The molecule has 2 unspecified atom stereocenters. The topological polar surface area (TPSA) is 77.2 Å². The van der Waals surface area contributed by atoms with Gasteiger partial charge < -0.3 is 15.8 Å². The molecule has 23 heavy (non-hydrogen) atoms. The number of pyridine rings is 1. The molecule has 0 aliphatic rings. The second kappa shape index (κ2) is 8.62. The van der Waals surface area contributed by atoms with Gasteiger partial charge in [0, 0.05) is 24.9 Å². The number of carbonyl (C=O) groups excluding carboxylic acids is 1. The minimum atomic E-state index is -0.377. The largest absolute Gasteiger partial charge is 0.380 e. The van der Waals surface area contributed by atoms with Crippen molar-refractivity contribution in [1.29, 1.82) is 0 Å². The van der Waals surface area contributed by atoms with Crippen LogP contribution in [0.15, 0.2) is 48.7 Å². The molecule has 5 nitrogen and oxygen atoms in total. The summed E-state index contributed by atoms with van der Waals surface area (Å²) in [5, 5.41) is 3.59. The maximum Gasteiger partial charge on any atom is 0.223 e. The highest BCUT2D eigenvalue weighted by Crippen LogP contribution is 2.23. The molecule has 0 spiro atoms. The van der Waals surface area contributed by atoms with Crippen molar-refractivity contribution in [2.24, 2.45) is 5.73 Å². The lowest BCUT2D eigenvalue weighted by Gasteiger charge is -2.20. The zero-order valence-corrected chi connectivity index (χ0v) is 13.7. The number of benzene rings is 1. The molecule has 2 atom stereocenters. The number of nitrogens with two attached hydrogens (primary N) is 1. The quantitative estimate of drug-likeness (QED) is 0.815. The van der Waals surface area contributed by atoms with Gasteiger partial charge in [-0.2, -0.15) is 0 Å². The predicted octanol–water partition coefficient (Wildman–Crippen LogP) is 2.30. The van der Waals surface area contributed by atoms with E-state index in [0.29, 0.717) is 5.02 Å². The SMILES string of the molecule is COC(CN)CC(=O)NC(c1cccc(Cl)c1)c1ccccn1. The number of nitrogens with one attached hydrogen (secondary N) is 1. The van der Waals surface area contributed by atoms with E-state index in [0.717, 1.165) is 11.3 Å². The number of aromatic nitrogens is 1. The molecule has 0 aliphatic heterocycles. The number of rotatable bonds is 7. The summed E-state index contributed by atoms with van der Waals surface area (Å²) in [6, 6.07) is 12.6. The molecular formula is C17H20ClN3O2. The summed E-state index contributed by atoms with van der Waals surface area (Å²) in [5.74, 6) is -0.155. The van der Waals surface area contributed by atoms with Crippen LogP contribution in [0, 0.1) is 0 Å². The minimum absolute atomic E-state index is 0.155. The second-order valence-electron chi connectivity index (χ2n) is 5.11. The van der Waals surface area contributed by atoms with E-state index in [9.17, 15) is 4.79 Å². The highest BCUT2D eigenvalue weighted by Gasteiger charge is 2.20. The van der Waals surface area contributed by atoms with Gasteiger partial charge in [0.05, 0.1) is 24.3 Å². The van der Waals surface area contributed by atoms with Crippen LogP contribution >= 0.6 is 11.6 Å². The van der Waals surface area contributed by atoms with Crippen molar-refractivity contribution in [1.82, 2.24) is 10.3 Å². The Kier molecular flexibility index (Phi) is 6.52. The number of nitrogens with zero attached hydrogens (tertiary/aromatic N) is 1. The van der Waals surface area contributed by atoms with E-state index in [2.05, 4.69) is 10.3 Å². The maximum absolute atomic E-state index is 12.3. The van der Waals surface area contributed by atoms with Crippen molar-refractivity contribution < 1.29 is 9.53 Å². The average Bonchev–Trinajstić information content (AvgIpc) is 2.58.